The van der Waals surface area contributed by atoms with Crippen molar-refractivity contribution < 1.29 is 19.0 Å². The standard InChI is InChI=1S/C17H25FN2O3/c1-3-14(9-21)20-17(22)19-11(2)13-6-7-16(15(18)8-13)23-10-12-4-5-12/h6-8,11-12,14,21H,3-5,9-10H2,1-2H3,(H2,19,20,22). The third-order valence-corrected chi connectivity index (χ3v) is 4.02. The summed E-state index contributed by atoms with van der Waals surface area (Å²) in [7, 11) is 0. The van der Waals surface area contributed by atoms with Crippen LogP contribution in [0, 0.1) is 11.7 Å². The molecular formula is C17H25FN2O3. The van der Waals surface area contributed by atoms with Gasteiger partial charge in [-0.1, -0.05) is 13.0 Å². The molecule has 5 nitrogen and oxygen atoms in total. The molecule has 1 aromatic carbocycles. The lowest BCUT2D eigenvalue weighted by atomic mass is 10.1. The van der Waals surface area contributed by atoms with E-state index < -0.39 is 5.82 Å². The highest BCUT2D eigenvalue weighted by molar-refractivity contribution is 5.74. The minimum atomic E-state index is -0.418. The van der Waals surface area contributed by atoms with Crippen LogP contribution in [-0.2, 0) is 0 Å². The van der Waals surface area contributed by atoms with Crippen LogP contribution in [0.1, 0.15) is 44.7 Å². The maximum Gasteiger partial charge on any atom is 0.315 e. The zero-order valence-electron chi connectivity index (χ0n) is 13.6. The fraction of sp³-hybridized carbons (Fsp3) is 0.588. The number of ether oxygens (including phenoxy) is 1. The summed E-state index contributed by atoms with van der Waals surface area (Å²) in [5.41, 5.74) is 0.661. The molecule has 1 aromatic rings. The number of amides is 2. The number of carbonyl (C=O) groups is 1. The number of hydrogen-bond acceptors (Lipinski definition) is 3. The normalized spacial score (nSPS) is 16.5. The topological polar surface area (TPSA) is 70.6 Å². The predicted molar refractivity (Wildman–Crippen MR) is 85.9 cm³/mol. The van der Waals surface area contributed by atoms with Crippen molar-refractivity contribution in [3.63, 3.8) is 0 Å². The van der Waals surface area contributed by atoms with E-state index in [4.69, 9.17) is 9.84 Å². The zero-order chi connectivity index (χ0) is 16.8. The highest BCUT2D eigenvalue weighted by Crippen LogP contribution is 2.30. The second-order valence-corrected chi connectivity index (χ2v) is 6.07. The van der Waals surface area contributed by atoms with Crippen molar-refractivity contribution in [2.24, 2.45) is 5.92 Å². The molecule has 0 aromatic heterocycles. The number of hydrogen-bond donors (Lipinski definition) is 3. The van der Waals surface area contributed by atoms with Gasteiger partial charge in [0.25, 0.3) is 0 Å². The van der Waals surface area contributed by atoms with Crippen molar-refractivity contribution >= 4 is 6.03 Å². The van der Waals surface area contributed by atoms with Crippen molar-refractivity contribution in [2.75, 3.05) is 13.2 Å². The van der Waals surface area contributed by atoms with Crippen molar-refractivity contribution in [1.82, 2.24) is 10.6 Å². The van der Waals surface area contributed by atoms with Crippen LogP contribution in [0.3, 0.4) is 0 Å². The lowest BCUT2D eigenvalue weighted by Crippen LogP contribution is -2.44. The zero-order valence-corrected chi connectivity index (χ0v) is 13.6. The molecular weight excluding hydrogens is 299 g/mol. The molecule has 0 saturated heterocycles. The van der Waals surface area contributed by atoms with Crippen LogP contribution in [0.4, 0.5) is 9.18 Å². The molecule has 2 atom stereocenters. The Hall–Kier alpha value is -1.82. The second-order valence-electron chi connectivity index (χ2n) is 6.07. The summed E-state index contributed by atoms with van der Waals surface area (Å²) in [5, 5.41) is 14.5. The Bertz CT molecular complexity index is 531. The van der Waals surface area contributed by atoms with E-state index in [1.807, 2.05) is 6.92 Å². The Labute approximate surface area is 136 Å². The first-order valence-electron chi connectivity index (χ1n) is 8.13. The molecule has 0 aliphatic heterocycles. The van der Waals surface area contributed by atoms with Crippen molar-refractivity contribution in [3.05, 3.63) is 29.6 Å². The summed E-state index contributed by atoms with van der Waals surface area (Å²) in [6.07, 6.45) is 2.95. The number of benzene rings is 1. The summed E-state index contributed by atoms with van der Waals surface area (Å²) >= 11 is 0. The highest BCUT2D eigenvalue weighted by atomic mass is 19.1. The molecule has 2 amide bonds. The van der Waals surface area contributed by atoms with Gasteiger partial charge in [0.1, 0.15) is 0 Å². The molecule has 1 fully saturated rings. The molecule has 1 aliphatic rings. The Kier molecular flexibility index (Phi) is 6.21. The Morgan fingerprint density at radius 3 is 2.74 bits per heavy atom. The quantitative estimate of drug-likeness (QED) is 0.688. The molecule has 0 bridgehead atoms. The van der Waals surface area contributed by atoms with Crippen LogP contribution >= 0.6 is 0 Å². The van der Waals surface area contributed by atoms with E-state index in [0.29, 0.717) is 24.5 Å². The average Bonchev–Trinajstić information content (AvgIpc) is 3.35. The van der Waals surface area contributed by atoms with Crippen molar-refractivity contribution in [1.29, 1.82) is 0 Å². The smallest absolute Gasteiger partial charge is 0.315 e. The Morgan fingerprint density at radius 1 is 1.43 bits per heavy atom. The number of aliphatic hydroxyl groups is 1. The number of rotatable bonds is 8. The van der Waals surface area contributed by atoms with Gasteiger partial charge >= 0.3 is 6.03 Å². The van der Waals surface area contributed by atoms with Crippen molar-refractivity contribution in [3.8, 4) is 5.75 Å². The maximum atomic E-state index is 14.1. The maximum absolute atomic E-state index is 14.1. The molecule has 0 radical (unpaired) electrons. The number of nitrogens with one attached hydrogen (secondary N) is 2. The first-order chi connectivity index (χ1) is 11.0. The number of urea groups is 1. The van der Waals surface area contributed by atoms with E-state index in [0.717, 1.165) is 12.8 Å². The van der Waals surface area contributed by atoms with Gasteiger partial charge in [-0.2, -0.15) is 0 Å². The van der Waals surface area contributed by atoms with Crippen molar-refractivity contribution in [2.45, 2.75) is 45.2 Å². The summed E-state index contributed by atoms with van der Waals surface area (Å²) < 4.78 is 19.5. The summed E-state index contributed by atoms with van der Waals surface area (Å²) in [5.74, 6) is 0.402. The molecule has 1 saturated carbocycles. The average molecular weight is 324 g/mol. The lowest BCUT2D eigenvalue weighted by Gasteiger charge is -2.19. The van der Waals surface area contributed by atoms with Gasteiger partial charge in [0.05, 0.1) is 25.3 Å². The SMILES string of the molecule is CCC(CO)NC(=O)NC(C)c1ccc(OCC2CC2)c(F)c1. The number of aliphatic hydroxyl groups excluding tert-OH is 1. The molecule has 1 aliphatic carbocycles. The van der Waals surface area contributed by atoms with Gasteiger partial charge in [0, 0.05) is 0 Å². The van der Waals surface area contributed by atoms with E-state index in [1.54, 1.807) is 19.1 Å². The molecule has 0 spiro atoms. The Balaban J connectivity index is 1.89. The third kappa shape index (κ3) is 5.39. The first kappa shape index (κ1) is 17.5. The lowest BCUT2D eigenvalue weighted by molar-refractivity contribution is 0.212. The highest BCUT2D eigenvalue weighted by Gasteiger charge is 2.22. The van der Waals surface area contributed by atoms with Gasteiger partial charge in [0.15, 0.2) is 11.6 Å². The number of carbonyl (C=O) groups excluding carboxylic acids is 1. The third-order valence-electron chi connectivity index (χ3n) is 4.02. The van der Waals surface area contributed by atoms with Gasteiger partial charge in [-0.15, -0.1) is 0 Å². The molecule has 3 N–H and O–H groups in total. The predicted octanol–water partition coefficient (Wildman–Crippen LogP) is 2.75. The van der Waals surface area contributed by atoms with Gasteiger partial charge in [0.2, 0.25) is 0 Å². The second kappa shape index (κ2) is 8.15. The van der Waals surface area contributed by atoms with Crippen LogP contribution in [0.25, 0.3) is 0 Å². The van der Waals surface area contributed by atoms with Crippen LogP contribution in [0.2, 0.25) is 0 Å². The van der Waals surface area contributed by atoms with E-state index >= 15 is 0 Å². The first-order valence-corrected chi connectivity index (χ1v) is 8.13. The molecule has 2 rings (SSSR count). The molecule has 2 unspecified atom stereocenters. The fourth-order valence-electron chi connectivity index (χ4n) is 2.18. The molecule has 23 heavy (non-hydrogen) atoms. The van der Waals surface area contributed by atoms with E-state index in [-0.39, 0.29) is 30.5 Å². The van der Waals surface area contributed by atoms with E-state index in [9.17, 15) is 9.18 Å². The van der Waals surface area contributed by atoms with Crippen LogP contribution in [0.15, 0.2) is 18.2 Å². The summed E-state index contributed by atoms with van der Waals surface area (Å²) in [4.78, 5) is 11.8. The minimum Gasteiger partial charge on any atom is -0.490 e. The summed E-state index contributed by atoms with van der Waals surface area (Å²) in [6, 6.07) is 3.73. The van der Waals surface area contributed by atoms with Gasteiger partial charge in [-0.05, 0) is 49.8 Å². The fourth-order valence-corrected chi connectivity index (χ4v) is 2.18. The minimum absolute atomic E-state index is 0.111. The van der Waals surface area contributed by atoms with Crippen LogP contribution < -0.4 is 15.4 Å². The van der Waals surface area contributed by atoms with Gasteiger partial charge in [-0.25, -0.2) is 9.18 Å². The molecule has 128 valence electrons. The number of halogens is 1. The summed E-state index contributed by atoms with van der Waals surface area (Å²) in [6.45, 7) is 4.10. The van der Waals surface area contributed by atoms with Gasteiger partial charge in [-0.3, -0.25) is 0 Å². The monoisotopic (exact) mass is 324 g/mol. The van der Waals surface area contributed by atoms with Gasteiger partial charge < -0.3 is 20.5 Å². The van der Waals surface area contributed by atoms with Crippen LogP contribution in [0.5, 0.6) is 5.75 Å². The Morgan fingerprint density at radius 2 is 2.17 bits per heavy atom. The van der Waals surface area contributed by atoms with E-state index in [1.165, 1.54) is 6.07 Å². The van der Waals surface area contributed by atoms with Crippen LogP contribution in [-0.4, -0.2) is 30.4 Å². The largest absolute Gasteiger partial charge is 0.490 e. The molecule has 0 heterocycles. The molecule has 6 heteroatoms. The van der Waals surface area contributed by atoms with E-state index in [2.05, 4.69) is 10.6 Å².